The highest BCUT2D eigenvalue weighted by molar-refractivity contribution is 5.85. The molecule has 2 atom stereocenters. The average Bonchev–Trinajstić information content (AvgIpc) is 3.26. The first kappa shape index (κ1) is 18.0. The Morgan fingerprint density at radius 1 is 1.40 bits per heavy atom. The van der Waals surface area contributed by atoms with Crippen molar-refractivity contribution in [1.82, 2.24) is 10.2 Å². The molecule has 1 fully saturated rings. The van der Waals surface area contributed by atoms with Crippen LogP contribution in [-0.4, -0.2) is 48.2 Å². The van der Waals surface area contributed by atoms with E-state index in [-0.39, 0.29) is 18.4 Å². The number of para-hydroxylation sites is 1. The van der Waals surface area contributed by atoms with Crippen molar-refractivity contribution in [1.29, 1.82) is 0 Å². The number of fused-ring (bicyclic) bond motifs is 1. The van der Waals surface area contributed by atoms with Crippen LogP contribution in [-0.2, 0) is 4.79 Å². The molecular weight excluding hydrogens is 316 g/mol. The molecule has 1 aromatic carbocycles. The van der Waals surface area contributed by atoms with E-state index in [9.17, 15) is 9.90 Å². The van der Waals surface area contributed by atoms with E-state index in [1.807, 2.05) is 37.3 Å². The molecule has 3 rings (SSSR count). The number of carbonyl (C=O) groups excluding carboxylic acids is 1. The molecule has 1 saturated heterocycles. The number of aliphatic hydroxyl groups excluding tert-OH is 1. The summed E-state index contributed by atoms with van der Waals surface area (Å²) >= 11 is 0. The van der Waals surface area contributed by atoms with Crippen LogP contribution in [0.3, 0.4) is 0 Å². The lowest BCUT2D eigenvalue weighted by Crippen LogP contribution is -2.33. The zero-order valence-electron chi connectivity index (χ0n) is 14.9. The van der Waals surface area contributed by atoms with Crippen molar-refractivity contribution in [2.45, 2.75) is 44.6 Å². The fraction of sp³-hybridized carbons (Fsp3) is 0.550. The molecule has 1 aliphatic heterocycles. The van der Waals surface area contributed by atoms with Crippen molar-refractivity contribution in [2.24, 2.45) is 0 Å². The normalized spacial score (nSPS) is 19.4. The van der Waals surface area contributed by atoms with Gasteiger partial charge in [0.15, 0.2) is 0 Å². The van der Waals surface area contributed by atoms with E-state index in [0.29, 0.717) is 18.3 Å². The van der Waals surface area contributed by atoms with Gasteiger partial charge in [-0.3, -0.25) is 9.69 Å². The van der Waals surface area contributed by atoms with E-state index in [1.165, 1.54) is 6.42 Å². The topological polar surface area (TPSA) is 65.7 Å². The van der Waals surface area contributed by atoms with Crippen molar-refractivity contribution >= 4 is 16.9 Å². The Kier molecular flexibility index (Phi) is 6.10. The number of carbonyl (C=O) groups is 1. The fourth-order valence-electron chi connectivity index (χ4n) is 3.55. The van der Waals surface area contributed by atoms with Crippen molar-refractivity contribution in [2.75, 3.05) is 26.2 Å². The number of benzene rings is 1. The van der Waals surface area contributed by atoms with Gasteiger partial charge in [-0.1, -0.05) is 18.2 Å². The van der Waals surface area contributed by atoms with E-state index in [0.717, 1.165) is 43.3 Å². The molecule has 5 nitrogen and oxygen atoms in total. The summed E-state index contributed by atoms with van der Waals surface area (Å²) in [6.07, 6.45) is 4.27. The second-order valence-corrected chi connectivity index (χ2v) is 6.92. The van der Waals surface area contributed by atoms with Crippen LogP contribution >= 0.6 is 0 Å². The minimum Gasteiger partial charge on any atom is -0.460 e. The van der Waals surface area contributed by atoms with Gasteiger partial charge in [-0.2, -0.15) is 0 Å². The summed E-state index contributed by atoms with van der Waals surface area (Å²) in [5, 5.41) is 13.4. The van der Waals surface area contributed by atoms with Crippen LogP contribution in [0.4, 0.5) is 0 Å². The fourth-order valence-corrected chi connectivity index (χ4v) is 3.55. The van der Waals surface area contributed by atoms with Crippen LogP contribution in [0.25, 0.3) is 11.0 Å². The molecule has 1 aliphatic rings. The maximum absolute atomic E-state index is 12.3. The van der Waals surface area contributed by atoms with Gasteiger partial charge < -0.3 is 14.8 Å². The number of amides is 1. The summed E-state index contributed by atoms with van der Waals surface area (Å²) in [4.78, 5) is 14.7. The zero-order valence-corrected chi connectivity index (χ0v) is 14.9. The second-order valence-electron chi connectivity index (χ2n) is 6.92. The van der Waals surface area contributed by atoms with Gasteiger partial charge in [0.1, 0.15) is 11.3 Å². The first-order valence-corrected chi connectivity index (χ1v) is 9.30. The lowest BCUT2D eigenvalue weighted by atomic mass is 10.1. The van der Waals surface area contributed by atoms with Gasteiger partial charge in [0.05, 0.1) is 12.5 Å². The first-order valence-electron chi connectivity index (χ1n) is 9.30. The molecule has 136 valence electrons. The predicted molar refractivity (Wildman–Crippen MR) is 98.6 cm³/mol. The van der Waals surface area contributed by atoms with Gasteiger partial charge in [0.25, 0.3) is 0 Å². The van der Waals surface area contributed by atoms with Crippen LogP contribution in [0.5, 0.6) is 0 Å². The highest BCUT2D eigenvalue weighted by Crippen LogP contribution is 2.25. The number of nitrogens with zero attached hydrogens (tertiary/aromatic N) is 1. The summed E-state index contributed by atoms with van der Waals surface area (Å²) in [6.45, 7) is 4.90. The molecule has 1 aromatic heterocycles. The Balaban J connectivity index is 1.40. The molecule has 0 aliphatic carbocycles. The molecule has 1 amide bonds. The smallest absolute Gasteiger partial charge is 0.230 e. The van der Waals surface area contributed by atoms with E-state index in [2.05, 4.69) is 10.2 Å². The molecule has 2 N–H and O–H groups in total. The Morgan fingerprint density at radius 3 is 3.04 bits per heavy atom. The molecule has 0 spiro atoms. The van der Waals surface area contributed by atoms with E-state index < -0.39 is 0 Å². The molecule has 2 heterocycles. The number of rotatable bonds is 8. The molecule has 0 saturated carbocycles. The monoisotopic (exact) mass is 344 g/mol. The van der Waals surface area contributed by atoms with Crippen molar-refractivity contribution in [3.63, 3.8) is 0 Å². The largest absolute Gasteiger partial charge is 0.460 e. The minimum absolute atomic E-state index is 0.00784. The molecule has 0 bridgehead atoms. The zero-order chi connectivity index (χ0) is 17.6. The lowest BCUT2D eigenvalue weighted by Gasteiger charge is -2.22. The van der Waals surface area contributed by atoms with Crippen LogP contribution in [0.15, 0.2) is 34.7 Å². The van der Waals surface area contributed by atoms with Gasteiger partial charge in [-0.25, -0.2) is 0 Å². The number of unbranched alkanes of at least 4 members (excludes halogenated alkanes) is 1. The maximum Gasteiger partial charge on any atom is 0.230 e. The summed E-state index contributed by atoms with van der Waals surface area (Å²) < 4.78 is 5.78. The third kappa shape index (κ3) is 4.41. The molecule has 2 aromatic rings. The highest BCUT2D eigenvalue weighted by atomic mass is 16.3. The first-order chi connectivity index (χ1) is 12.2. The Hall–Kier alpha value is -1.85. The molecule has 2 unspecified atom stereocenters. The second kappa shape index (κ2) is 8.50. The van der Waals surface area contributed by atoms with Crippen molar-refractivity contribution in [3.05, 3.63) is 36.1 Å². The third-order valence-electron chi connectivity index (χ3n) is 5.15. The molecular formula is C20H28N2O3. The Morgan fingerprint density at radius 2 is 2.24 bits per heavy atom. The summed E-state index contributed by atoms with van der Waals surface area (Å²) in [5.41, 5.74) is 0.821. The van der Waals surface area contributed by atoms with Gasteiger partial charge in [0, 0.05) is 18.0 Å². The Bertz CT molecular complexity index is 664. The van der Waals surface area contributed by atoms with Crippen LogP contribution in [0.2, 0.25) is 0 Å². The van der Waals surface area contributed by atoms with Gasteiger partial charge in [-0.05, 0) is 57.8 Å². The maximum atomic E-state index is 12.3. The number of likely N-dealkylation sites (tertiary alicyclic amines) is 1. The van der Waals surface area contributed by atoms with Crippen molar-refractivity contribution in [3.8, 4) is 0 Å². The van der Waals surface area contributed by atoms with Crippen LogP contribution in [0.1, 0.15) is 44.3 Å². The number of hydrogen-bond donors (Lipinski definition) is 2. The van der Waals surface area contributed by atoms with E-state index >= 15 is 0 Å². The van der Waals surface area contributed by atoms with Crippen LogP contribution < -0.4 is 5.32 Å². The van der Waals surface area contributed by atoms with Gasteiger partial charge in [-0.15, -0.1) is 0 Å². The quantitative estimate of drug-likeness (QED) is 0.723. The number of nitrogens with one attached hydrogen (secondary N) is 1. The number of furan rings is 1. The Labute approximate surface area is 149 Å². The standard InChI is InChI=1S/C20H28N2O3/c1-15(19-13-16-7-2-3-9-18(16)25-19)20(24)21-10-4-5-11-22-12-6-8-17(22)14-23/h2-3,7,9,13,15,17,23H,4-6,8,10-12,14H2,1H3,(H,21,24). The predicted octanol–water partition coefficient (Wildman–Crippen LogP) is 2.89. The molecule has 5 heteroatoms. The van der Waals surface area contributed by atoms with E-state index in [1.54, 1.807) is 0 Å². The summed E-state index contributed by atoms with van der Waals surface area (Å²) in [5.74, 6) is 0.430. The van der Waals surface area contributed by atoms with Gasteiger partial charge in [0.2, 0.25) is 5.91 Å². The molecule has 0 radical (unpaired) electrons. The SMILES string of the molecule is CC(C(=O)NCCCCN1CCCC1CO)c1cc2ccccc2o1. The summed E-state index contributed by atoms with van der Waals surface area (Å²) in [7, 11) is 0. The van der Waals surface area contributed by atoms with Gasteiger partial charge >= 0.3 is 0 Å². The van der Waals surface area contributed by atoms with Crippen LogP contribution in [0, 0.1) is 0 Å². The van der Waals surface area contributed by atoms with E-state index in [4.69, 9.17) is 4.42 Å². The van der Waals surface area contributed by atoms with Crippen molar-refractivity contribution < 1.29 is 14.3 Å². The summed E-state index contributed by atoms with van der Waals surface area (Å²) in [6, 6.07) is 10.1. The third-order valence-corrected chi connectivity index (χ3v) is 5.15. The minimum atomic E-state index is -0.287. The number of aliphatic hydroxyl groups is 1. The molecule has 25 heavy (non-hydrogen) atoms. The average molecular weight is 344 g/mol. The number of hydrogen-bond acceptors (Lipinski definition) is 4. The lowest BCUT2D eigenvalue weighted by molar-refractivity contribution is -0.122. The highest BCUT2D eigenvalue weighted by Gasteiger charge is 2.23.